The number of imidazole rings is 1. The number of nitrogens with zero attached hydrogens (tertiary/aromatic N) is 6. The van der Waals surface area contributed by atoms with Gasteiger partial charge in [-0.15, -0.1) is 0 Å². The van der Waals surface area contributed by atoms with Gasteiger partial charge in [0.1, 0.15) is 35.4 Å². The molecular formula is C49H67N8O9PSi. The molecule has 0 spiro atoms. The normalized spacial score (nSPS) is 18.3. The van der Waals surface area contributed by atoms with E-state index < -0.39 is 58.6 Å². The monoisotopic (exact) mass is 970 g/mol. The van der Waals surface area contributed by atoms with Crippen LogP contribution in [0, 0.1) is 11.3 Å². The zero-order chi connectivity index (χ0) is 49.6. The van der Waals surface area contributed by atoms with E-state index in [1.165, 1.54) is 11.2 Å². The minimum Gasteiger partial charge on any atom is -0.497 e. The number of methoxy groups -OCH3 is 2. The minimum absolute atomic E-state index is 0.0254. The van der Waals surface area contributed by atoms with Crippen LogP contribution in [0.3, 0.4) is 0 Å². The molecule has 3 heterocycles. The molecule has 17 nitrogen and oxygen atoms in total. The van der Waals surface area contributed by atoms with Crippen molar-refractivity contribution in [3.05, 3.63) is 112 Å². The number of H-pyrrole nitrogens is 1. The molecule has 0 saturated carbocycles. The molecule has 2 aromatic heterocycles. The predicted octanol–water partition coefficient (Wildman–Crippen LogP) is 9.19. The molecule has 6 rings (SSSR count). The summed E-state index contributed by atoms with van der Waals surface area (Å²) in [5.41, 5.74) is 0.902. The van der Waals surface area contributed by atoms with E-state index >= 15 is 0 Å². The molecule has 1 unspecified atom stereocenters. The summed E-state index contributed by atoms with van der Waals surface area (Å²) < 4.78 is 51.2. The van der Waals surface area contributed by atoms with Crippen molar-refractivity contribution in [2.75, 3.05) is 46.8 Å². The second-order valence-corrected chi connectivity index (χ2v) is 25.1. The van der Waals surface area contributed by atoms with Crippen LogP contribution in [0.1, 0.15) is 77.8 Å². The maximum absolute atomic E-state index is 13.6. The van der Waals surface area contributed by atoms with Crippen LogP contribution in [-0.4, -0.2) is 115 Å². The third-order valence-electron chi connectivity index (χ3n) is 12.4. The Kier molecular flexibility index (Phi) is 16.9. The molecule has 2 amide bonds. The maximum Gasteiger partial charge on any atom is 0.323 e. The van der Waals surface area contributed by atoms with Crippen molar-refractivity contribution in [2.24, 2.45) is 0 Å². The first-order valence-electron chi connectivity index (χ1n) is 22.8. The Morgan fingerprint density at radius 2 is 1.50 bits per heavy atom. The van der Waals surface area contributed by atoms with E-state index in [1.54, 1.807) is 32.9 Å². The smallest absolute Gasteiger partial charge is 0.323 e. The SMILES string of the molecule is COc1ccc(C(OC[C@H]2O[C@@H](n3cnc4c(=O)[nH]c(NC(=O)N(C)C)nc43)[C@H](OP(OCCC#N)N(C(C)C)C(C)C)[C@@H]2O[Si](C)(C)C(C)(C)C)(c2ccccc2)c2ccc(OC)cc2)cc1. The van der Waals surface area contributed by atoms with Crippen LogP contribution in [0.15, 0.2) is 90.0 Å². The molecule has 0 bridgehead atoms. The molecule has 2 N–H and O–H groups in total. The van der Waals surface area contributed by atoms with Crippen molar-refractivity contribution in [1.29, 1.82) is 5.26 Å². The molecule has 5 atom stereocenters. The average molecular weight is 971 g/mol. The molecule has 1 aliphatic heterocycles. The van der Waals surface area contributed by atoms with Crippen molar-refractivity contribution >= 4 is 40.0 Å². The van der Waals surface area contributed by atoms with Gasteiger partial charge >= 0.3 is 6.03 Å². The van der Waals surface area contributed by atoms with Gasteiger partial charge in [0.05, 0.1) is 46.3 Å². The van der Waals surface area contributed by atoms with Gasteiger partial charge in [-0.3, -0.25) is 19.7 Å². The fraction of sp³-hybridized carbons (Fsp3) is 0.490. The Morgan fingerprint density at radius 3 is 2.01 bits per heavy atom. The number of rotatable bonds is 20. The minimum atomic E-state index is -2.69. The number of aromatic amines is 1. The fourth-order valence-electron chi connectivity index (χ4n) is 7.90. The number of nitriles is 1. The molecule has 0 aliphatic carbocycles. The number of fused-ring (bicyclic) bond motifs is 1. The fourth-order valence-corrected chi connectivity index (χ4v) is 11.0. The van der Waals surface area contributed by atoms with Crippen LogP contribution in [0.4, 0.5) is 10.7 Å². The quantitative estimate of drug-likeness (QED) is 0.0326. The topological polar surface area (TPSA) is 188 Å². The number of hydrogen-bond donors (Lipinski definition) is 2. The number of carbonyl (C=O) groups excluding carboxylic acids is 1. The molecule has 5 aromatic rings. The van der Waals surface area contributed by atoms with Crippen LogP contribution in [-0.2, 0) is 28.5 Å². The van der Waals surface area contributed by atoms with Gasteiger partial charge in [-0.25, -0.2) is 14.4 Å². The first kappa shape index (κ1) is 52.2. The van der Waals surface area contributed by atoms with E-state index in [0.29, 0.717) is 11.5 Å². The molecule has 1 aliphatic rings. The summed E-state index contributed by atoms with van der Waals surface area (Å²) in [6, 6.07) is 27.3. The molecule has 1 fully saturated rings. The number of benzene rings is 3. The first-order valence-corrected chi connectivity index (χ1v) is 26.8. The molecule has 366 valence electrons. The van der Waals surface area contributed by atoms with E-state index in [0.717, 1.165) is 16.7 Å². The lowest BCUT2D eigenvalue weighted by Crippen LogP contribution is -2.51. The van der Waals surface area contributed by atoms with Crippen molar-refractivity contribution in [2.45, 2.75) is 115 Å². The largest absolute Gasteiger partial charge is 0.497 e. The number of anilines is 1. The molecule has 68 heavy (non-hydrogen) atoms. The summed E-state index contributed by atoms with van der Waals surface area (Å²) in [7, 11) is 1.86. The summed E-state index contributed by atoms with van der Waals surface area (Å²) in [6.07, 6.45) is -1.96. The number of nitrogens with one attached hydrogen (secondary N) is 2. The highest BCUT2D eigenvalue weighted by atomic mass is 31.2. The lowest BCUT2D eigenvalue weighted by molar-refractivity contribution is -0.0928. The van der Waals surface area contributed by atoms with Gasteiger partial charge in [0.15, 0.2) is 25.7 Å². The first-order chi connectivity index (χ1) is 32.3. The van der Waals surface area contributed by atoms with E-state index in [-0.39, 0.29) is 53.9 Å². The second kappa shape index (κ2) is 22.0. The van der Waals surface area contributed by atoms with Crippen LogP contribution in [0.5, 0.6) is 11.5 Å². The summed E-state index contributed by atoms with van der Waals surface area (Å²) in [5.74, 6) is 1.29. The molecular weight excluding hydrogens is 904 g/mol. The van der Waals surface area contributed by atoms with Gasteiger partial charge in [0.25, 0.3) is 14.1 Å². The third-order valence-corrected chi connectivity index (χ3v) is 19.0. The Hall–Kier alpha value is -5.22. The molecule has 1 saturated heterocycles. The number of carbonyl (C=O) groups is 1. The number of amides is 2. The average Bonchev–Trinajstić information content (AvgIpc) is 3.87. The van der Waals surface area contributed by atoms with E-state index in [1.807, 2.05) is 78.9 Å². The van der Waals surface area contributed by atoms with Crippen LogP contribution < -0.4 is 20.3 Å². The lowest BCUT2D eigenvalue weighted by atomic mass is 9.80. The van der Waals surface area contributed by atoms with Crippen molar-refractivity contribution < 1.29 is 37.2 Å². The van der Waals surface area contributed by atoms with Gasteiger partial charge in [0, 0.05) is 26.2 Å². The number of urea groups is 1. The molecule has 3 aromatic carbocycles. The molecule has 19 heteroatoms. The third kappa shape index (κ3) is 11.3. The summed E-state index contributed by atoms with van der Waals surface area (Å²) in [6.45, 7) is 19.2. The Morgan fingerprint density at radius 1 is 0.926 bits per heavy atom. The Labute approximate surface area is 402 Å². The Balaban J connectivity index is 1.58. The lowest BCUT2D eigenvalue weighted by Gasteiger charge is -2.43. The van der Waals surface area contributed by atoms with Crippen molar-refractivity contribution in [1.82, 2.24) is 29.1 Å². The van der Waals surface area contributed by atoms with E-state index in [4.69, 9.17) is 37.4 Å². The highest BCUT2D eigenvalue weighted by molar-refractivity contribution is 7.44. The van der Waals surface area contributed by atoms with Gasteiger partial charge in [0.2, 0.25) is 5.95 Å². The van der Waals surface area contributed by atoms with Gasteiger partial charge in [-0.2, -0.15) is 10.2 Å². The highest BCUT2D eigenvalue weighted by Gasteiger charge is 2.54. The van der Waals surface area contributed by atoms with E-state index in [9.17, 15) is 14.9 Å². The zero-order valence-electron chi connectivity index (χ0n) is 41.5. The Bertz CT molecular complexity index is 2490. The van der Waals surface area contributed by atoms with Gasteiger partial charge in [-0.05, 0) is 86.8 Å². The number of aromatic nitrogens is 4. The second-order valence-electron chi connectivity index (χ2n) is 18.9. The summed E-state index contributed by atoms with van der Waals surface area (Å²) in [4.78, 5) is 39.7. The standard InChI is InChI=1S/C49H67N8O9PSi/c1-32(2)57(33(3)4)67(63-29-17-28-50)65-42-41(66-68(12,13)48(5,6)7)39(64-45(42)56-31-51-40-43(56)52-46(53-44(40)58)54-47(59)55(8)9)30-62-49(34-18-15-14-16-19-34,35-20-24-37(60-10)25-21-35)36-22-26-38(61-11)27-23-36/h14-16,18-27,31-33,39,41-42,45H,17,29-30H2,1-13H3,(H2,52,53,54,58,59)/t39-,41-,42-,45-,67?/m1/s1. The zero-order valence-corrected chi connectivity index (χ0v) is 43.4. The van der Waals surface area contributed by atoms with Crippen LogP contribution in [0.25, 0.3) is 11.2 Å². The van der Waals surface area contributed by atoms with Crippen LogP contribution in [0.2, 0.25) is 18.1 Å². The predicted molar refractivity (Wildman–Crippen MR) is 265 cm³/mol. The summed E-state index contributed by atoms with van der Waals surface area (Å²) in [5, 5.41) is 12.0. The maximum atomic E-state index is 13.6. The van der Waals surface area contributed by atoms with Crippen LogP contribution >= 0.6 is 8.53 Å². The van der Waals surface area contributed by atoms with Gasteiger partial charge < -0.3 is 37.3 Å². The van der Waals surface area contributed by atoms with Gasteiger partial charge in [-0.1, -0.05) is 75.4 Å². The summed E-state index contributed by atoms with van der Waals surface area (Å²) >= 11 is 0. The highest BCUT2D eigenvalue weighted by Crippen LogP contribution is 2.53. The van der Waals surface area contributed by atoms with E-state index in [2.05, 4.69) is 87.6 Å². The number of ether oxygens (including phenoxy) is 4. The molecule has 0 radical (unpaired) electrons. The van der Waals surface area contributed by atoms with Crippen molar-refractivity contribution in [3.8, 4) is 17.6 Å². The number of hydrogen-bond acceptors (Lipinski definition) is 13. The van der Waals surface area contributed by atoms with Crippen molar-refractivity contribution in [3.63, 3.8) is 0 Å².